The fourth-order valence-corrected chi connectivity index (χ4v) is 6.06. The summed E-state index contributed by atoms with van der Waals surface area (Å²) in [5.74, 6) is 0.494. The van der Waals surface area contributed by atoms with E-state index >= 15 is 0 Å². The van der Waals surface area contributed by atoms with E-state index in [1.54, 1.807) is 37.4 Å². The molecule has 2 aromatic carbocycles. The zero-order valence-corrected chi connectivity index (χ0v) is 22.9. The van der Waals surface area contributed by atoms with Crippen molar-refractivity contribution in [2.24, 2.45) is 0 Å². The summed E-state index contributed by atoms with van der Waals surface area (Å²) in [6, 6.07) is 17.8. The van der Waals surface area contributed by atoms with E-state index in [0.717, 1.165) is 26.1 Å². The molecule has 184 valence electrons. The topological polar surface area (TPSA) is 75.1 Å². The van der Waals surface area contributed by atoms with Crippen molar-refractivity contribution >= 4 is 44.0 Å². The maximum absolute atomic E-state index is 12.8. The van der Waals surface area contributed by atoms with Crippen LogP contribution in [0.1, 0.15) is 56.7 Å². The number of thiophene rings is 1. The highest BCUT2D eigenvalue weighted by atomic mass is 35.5. The van der Waals surface area contributed by atoms with E-state index in [1.807, 2.05) is 57.2 Å². The van der Waals surface area contributed by atoms with Gasteiger partial charge in [0.25, 0.3) is 0 Å². The Balaban J connectivity index is 1.79. The number of hydrogen-bond donors (Lipinski definition) is 2. The van der Waals surface area contributed by atoms with Crippen LogP contribution >= 0.6 is 22.9 Å². The van der Waals surface area contributed by atoms with E-state index in [2.05, 4.69) is 26.8 Å². The molecule has 0 aliphatic rings. The second-order valence-electron chi connectivity index (χ2n) is 10.0. The van der Waals surface area contributed by atoms with Gasteiger partial charge in [0, 0.05) is 38.8 Å². The third-order valence-corrected chi connectivity index (χ3v) is 8.87. The van der Waals surface area contributed by atoms with Gasteiger partial charge in [-0.05, 0) is 69.8 Å². The van der Waals surface area contributed by atoms with E-state index in [0.29, 0.717) is 23.1 Å². The molecule has 0 radical (unpaired) electrons. The van der Waals surface area contributed by atoms with Crippen LogP contribution in [0.4, 0.5) is 0 Å². The largest absolute Gasteiger partial charge is 0.384 e. The van der Waals surface area contributed by atoms with Crippen molar-refractivity contribution in [3.8, 4) is 11.4 Å². The Labute approximate surface area is 218 Å². The van der Waals surface area contributed by atoms with Gasteiger partial charge in [-0.3, -0.25) is 0 Å². The Hall–Kier alpha value is -2.16. The fraction of sp³-hybridized carbons (Fsp3) is 0.333. The van der Waals surface area contributed by atoms with E-state index in [1.165, 1.54) is 0 Å². The molecule has 8 heteroatoms. The summed E-state index contributed by atoms with van der Waals surface area (Å²) in [6.07, 6.45) is 1.68. The van der Waals surface area contributed by atoms with Crippen molar-refractivity contribution in [2.45, 2.75) is 50.9 Å². The van der Waals surface area contributed by atoms with Gasteiger partial charge in [0.15, 0.2) is 5.82 Å². The predicted molar refractivity (Wildman–Crippen MR) is 147 cm³/mol. The molecule has 2 heterocycles. The van der Waals surface area contributed by atoms with Gasteiger partial charge in [-0.2, -0.15) is 0 Å². The van der Waals surface area contributed by atoms with Crippen LogP contribution in [0.2, 0.25) is 5.02 Å². The molecular weight excluding hydrogens is 498 g/mol. The molecule has 0 saturated carbocycles. The van der Waals surface area contributed by atoms with Crippen molar-refractivity contribution in [2.75, 3.05) is 6.54 Å². The Morgan fingerprint density at radius 1 is 1.09 bits per heavy atom. The Morgan fingerprint density at radius 2 is 1.83 bits per heavy atom. The highest BCUT2D eigenvalue weighted by molar-refractivity contribution is 7.84. The monoisotopic (exact) mass is 527 g/mol. The Kier molecular flexibility index (Phi) is 7.46. The Morgan fingerprint density at radius 3 is 2.51 bits per heavy atom. The molecule has 4 rings (SSSR count). The third kappa shape index (κ3) is 5.81. The number of aromatic nitrogens is 2. The molecule has 0 aliphatic heterocycles. The average molecular weight is 528 g/mol. The van der Waals surface area contributed by atoms with Gasteiger partial charge in [-0.25, -0.2) is 18.9 Å². The smallest absolute Gasteiger partial charge is 0.160 e. The number of nitrogens with zero attached hydrogens (tertiary/aromatic N) is 2. The molecule has 0 saturated heterocycles. The summed E-state index contributed by atoms with van der Waals surface area (Å²) in [4.78, 5) is 10.3. The van der Waals surface area contributed by atoms with E-state index in [4.69, 9.17) is 11.6 Å². The molecule has 0 amide bonds. The van der Waals surface area contributed by atoms with Crippen molar-refractivity contribution in [1.29, 1.82) is 0 Å². The van der Waals surface area contributed by atoms with Gasteiger partial charge in [-0.15, -0.1) is 11.3 Å². The number of hydrogen-bond acceptors (Lipinski definition) is 5. The van der Waals surface area contributed by atoms with Gasteiger partial charge in [-0.1, -0.05) is 41.9 Å². The van der Waals surface area contributed by atoms with Crippen LogP contribution < -0.4 is 4.72 Å². The van der Waals surface area contributed by atoms with Crippen molar-refractivity contribution in [1.82, 2.24) is 14.7 Å². The summed E-state index contributed by atoms with van der Waals surface area (Å²) in [6.45, 7) is 9.77. The molecule has 5 nitrogen and oxygen atoms in total. The lowest BCUT2D eigenvalue weighted by Crippen LogP contribution is -2.35. The highest BCUT2D eigenvalue weighted by Gasteiger charge is 2.25. The lowest BCUT2D eigenvalue weighted by atomic mass is 9.97. The normalized spacial score (nSPS) is 14.3. The molecule has 2 aromatic heterocycles. The molecular formula is C27H30ClN3O2S2. The van der Waals surface area contributed by atoms with Gasteiger partial charge >= 0.3 is 0 Å². The summed E-state index contributed by atoms with van der Waals surface area (Å²) < 4.78 is 16.7. The first-order valence-corrected chi connectivity index (χ1v) is 13.8. The van der Waals surface area contributed by atoms with E-state index in [-0.39, 0.29) is 10.7 Å². The lowest BCUT2D eigenvalue weighted by molar-refractivity contribution is 0.0738. The SMILES string of the molecule is CC(C)(O)c1ccnc(-c2cccc3cc(C(CNS(=O)C(C)(C)C)c4ccccc4Cl)sc23)n1. The predicted octanol–water partition coefficient (Wildman–Crippen LogP) is 6.42. The van der Waals surface area contributed by atoms with Crippen molar-refractivity contribution in [3.05, 3.63) is 82.0 Å². The van der Waals surface area contributed by atoms with Gasteiger partial charge in [0.1, 0.15) is 5.60 Å². The average Bonchev–Trinajstić information content (AvgIpc) is 3.23. The summed E-state index contributed by atoms with van der Waals surface area (Å²) >= 11 is 8.28. The summed E-state index contributed by atoms with van der Waals surface area (Å²) in [5, 5.41) is 12.2. The van der Waals surface area contributed by atoms with Crippen LogP contribution in [0.3, 0.4) is 0 Å². The summed E-state index contributed by atoms with van der Waals surface area (Å²) in [5.41, 5.74) is 1.41. The number of nitrogens with one attached hydrogen (secondary N) is 1. The quantitative estimate of drug-likeness (QED) is 0.290. The molecule has 4 aromatic rings. The molecule has 2 N–H and O–H groups in total. The first-order chi connectivity index (χ1) is 16.4. The van der Waals surface area contributed by atoms with Crippen LogP contribution in [0.15, 0.2) is 60.8 Å². The van der Waals surface area contributed by atoms with Gasteiger partial charge in [0.2, 0.25) is 0 Å². The van der Waals surface area contributed by atoms with Crippen LogP contribution in [0, 0.1) is 0 Å². The van der Waals surface area contributed by atoms with Crippen molar-refractivity contribution < 1.29 is 9.32 Å². The van der Waals surface area contributed by atoms with Crippen LogP contribution in [-0.4, -0.2) is 30.6 Å². The van der Waals surface area contributed by atoms with Gasteiger partial charge < -0.3 is 5.11 Å². The Bertz CT molecular complexity index is 1370. The third-order valence-electron chi connectivity index (χ3n) is 5.69. The standard InChI is InChI=1S/C27H30ClN3O2S2/c1-26(2,3)35(33)30-16-20(18-10-6-7-12-21(18)28)22-15-17-9-8-11-19(24(17)34-22)25-29-14-13-23(31-25)27(4,5)32/h6-15,20,30,32H,16H2,1-5H3. The molecule has 2 unspecified atom stereocenters. The van der Waals surface area contributed by atoms with Crippen LogP contribution in [0.25, 0.3) is 21.5 Å². The van der Waals surface area contributed by atoms with Crippen LogP contribution in [-0.2, 0) is 16.6 Å². The number of aliphatic hydroxyl groups is 1. The second kappa shape index (κ2) is 10.1. The first kappa shape index (κ1) is 25.9. The minimum atomic E-state index is -1.21. The lowest BCUT2D eigenvalue weighted by Gasteiger charge is -2.22. The minimum absolute atomic E-state index is 0.0797. The molecule has 0 fully saturated rings. The van der Waals surface area contributed by atoms with Crippen molar-refractivity contribution in [3.63, 3.8) is 0 Å². The molecule has 0 bridgehead atoms. The molecule has 2 atom stereocenters. The summed E-state index contributed by atoms with van der Waals surface area (Å²) in [7, 11) is -1.21. The zero-order valence-electron chi connectivity index (χ0n) is 20.5. The van der Waals surface area contributed by atoms with Gasteiger partial charge in [0.05, 0.1) is 21.4 Å². The first-order valence-electron chi connectivity index (χ1n) is 11.4. The maximum atomic E-state index is 12.8. The maximum Gasteiger partial charge on any atom is 0.160 e. The molecule has 35 heavy (non-hydrogen) atoms. The number of rotatable bonds is 7. The number of fused-ring (bicyclic) bond motifs is 1. The fourth-order valence-electron chi connectivity index (χ4n) is 3.76. The van der Waals surface area contributed by atoms with E-state index in [9.17, 15) is 9.32 Å². The second-order valence-corrected chi connectivity index (χ2v) is 13.5. The number of halogens is 1. The molecule has 0 aliphatic carbocycles. The highest BCUT2D eigenvalue weighted by Crippen LogP contribution is 2.40. The van der Waals surface area contributed by atoms with E-state index < -0.39 is 16.6 Å². The number of benzene rings is 2. The zero-order chi connectivity index (χ0) is 25.4. The minimum Gasteiger partial charge on any atom is -0.384 e. The molecule has 0 spiro atoms. The van der Waals surface area contributed by atoms with Crippen LogP contribution in [0.5, 0.6) is 0 Å².